The van der Waals surface area contributed by atoms with Crippen molar-refractivity contribution in [3.63, 3.8) is 0 Å². The number of hydrogen-bond donors (Lipinski definition) is 1. The van der Waals surface area contributed by atoms with Gasteiger partial charge in [0.25, 0.3) is 0 Å². The normalized spacial score (nSPS) is 22.7. The van der Waals surface area contributed by atoms with Crippen molar-refractivity contribution >= 4 is 17.5 Å². The summed E-state index contributed by atoms with van der Waals surface area (Å²) in [6.45, 7) is 4.70. The number of carbonyl (C=O) groups is 1. The van der Waals surface area contributed by atoms with Crippen molar-refractivity contribution in [3.05, 3.63) is 57.7 Å². The van der Waals surface area contributed by atoms with Gasteiger partial charge in [-0.3, -0.25) is 4.79 Å². The number of benzene rings is 1. The van der Waals surface area contributed by atoms with E-state index >= 15 is 0 Å². The molecule has 1 fully saturated rings. The van der Waals surface area contributed by atoms with Crippen molar-refractivity contribution in [1.82, 2.24) is 25.1 Å². The highest BCUT2D eigenvalue weighted by Gasteiger charge is 2.43. The van der Waals surface area contributed by atoms with Gasteiger partial charge in [0.2, 0.25) is 5.91 Å². The van der Waals surface area contributed by atoms with Gasteiger partial charge >= 0.3 is 5.69 Å². The maximum Gasteiger partial charge on any atom is 0.364 e. The summed E-state index contributed by atoms with van der Waals surface area (Å²) in [7, 11) is 0. The van der Waals surface area contributed by atoms with Crippen molar-refractivity contribution in [3.8, 4) is 0 Å². The Kier molecular flexibility index (Phi) is 5.14. The van der Waals surface area contributed by atoms with Crippen LogP contribution in [0.3, 0.4) is 0 Å². The molecule has 0 saturated heterocycles. The summed E-state index contributed by atoms with van der Waals surface area (Å²) in [6.07, 6.45) is 1.79. The minimum atomic E-state index is -1.31. The Morgan fingerprint density at radius 2 is 2.22 bits per heavy atom. The number of nitrogens with one attached hydrogen (secondary N) is 1. The molecule has 0 aliphatic heterocycles. The predicted molar refractivity (Wildman–Crippen MR) is 94.6 cm³/mol. The zero-order chi connectivity index (χ0) is 19.8. The number of hydrogen-bond acceptors (Lipinski definition) is 4. The van der Waals surface area contributed by atoms with E-state index in [1.165, 1.54) is 25.1 Å². The van der Waals surface area contributed by atoms with Crippen LogP contribution in [0.1, 0.15) is 37.4 Å². The molecule has 0 unspecified atom stereocenters. The first-order valence-electron chi connectivity index (χ1n) is 8.28. The molecule has 1 atom stereocenters. The lowest BCUT2D eigenvalue weighted by Crippen LogP contribution is -2.43. The van der Waals surface area contributed by atoms with Gasteiger partial charge in [-0.25, -0.2) is 13.6 Å². The Labute approximate surface area is 158 Å². The molecule has 1 heterocycles. The average Bonchev–Trinajstić information content (AvgIpc) is 2.93. The molecule has 0 bridgehead atoms. The van der Waals surface area contributed by atoms with Crippen LogP contribution in [0, 0.1) is 5.82 Å². The van der Waals surface area contributed by atoms with E-state index in [2.05, 4.69) is 22.3 Å². The number of alkyl halides is 1. The largest absolute Gasteiger partial charge is 0.364 e. The second kappa shape index (κ2) is 7.22. The molecular weight excluding hydrogens is 380 g/mol. The molecule has 1 aromatic heterocycles. The van der Waals surface area contributed by atoms with Gasteiger partial charge in [0.15, 0.2) is 0 Å². The summed E-state index contributed by atoms with van der Waals surface area (Å²) in [5.41, 5.74) is -1.44. The fraction of sp³-hybridized carbons (Fsp3) is 0.412. The zero-order valence-electron chi connectivity index (χ0n) is 14.5. The molecule has 27 heavy (non-hydrogen) atoms. The molecule has 7 nitrogen and oxygen atoms in total. The molecule has 1 aromatic carbocycles. The van der Waals surface area contributed by atoms with Gasteiger partial charge in [-0.05, 0) is 35.0 Å². The van der Waals surface area contributed by atoms with Crippen LogP contribution in [0.25, 0.3) is 0 Å². The molecular formula is C17H18ClF2N5O2. The van der Waals surface area contributed by atoms with Crippen molar-refractivity contribution in [2.45, 2.75) is 44.1 Å². The van der Waals surface area contributed by atoms with Crippen LogP contribution in [0.2, 0.25) is 5.02 Å². The third kappa shape index (κ3) is 4.08. The first kappa shape index (κ1) is 19.2. The van der Waals surface area contributed by atoms with Crippen LogP contribution < -0.4 is 11.0 Å². The fourth-order valence-corrected chi connectivity index (χ4v) is 3.17. The smallest absolute Gasteiger partial charge is 0.344 e. The number of amides is 1. The Morgan fingerprint density at radius 3 is 2.81 bits per heavy atom. The molecule has 10 heteroatoms. The molecule has 3 rings (SSSR count). The van der Waals surface area contributed by atoms with Crippen LogP contribution in [0.5, 0.6) is 0 Å². The average molecular weight is 398 g/mol. The first-order chi connectivity index (χ1) is 12.7. The van der Waals surface area contributed by atoms with Crippen molar-refractivity contribution in [1.29, 1.82) is 0 Å². The number of nitrogens with zero attached hydrogens (tertiary/aromatic N) is 4. The molecule has 1 aliphatic rings. The van der Waals surface area contributed by atoms with E-state index in [0.29, 0.717) is 5.56 Å². The molecule has 1 saturated carbocycles. The predicted octanol–water partition coefficient (Wildman–Crippen LogP) is 2.34. The van der Waals surface area contributed by atoms with E-state index in [1.54, 1.807) is 6.07 Å². The Bertz CT molecular complexity index is 932. The van der Waals surface area contributed by atoms with Gasteiger partial charge < -0.3 is 5.32 Å². The van der Waals surface area contributed by atoms with Gasteiger partial charge in [-0.1, -0.05) is 23.7 Å². The molecule has 0 spiro atoms. The summed E-state index contributed by atoms with van der Waals surface area (Å²) >= 11 is 5.65. The highest BCUT2D eigenvalue weighted by Crippen LogP contribution is 2.42. The van der Waals surface area contributed by atoms with Gasteiger partial charge in [-0.2, -0.15) is 9.36 Å². The van der Waals surface area contributed by atoms with Crippen LogP contribution in [-0.2, 0) is 11.3 Å². The maximum atomic E-state index is 13.6. The number of rotatable bonds is 6. The lowest BCUT2D eigenvalue weighted by atomic mass is 9.79. The van der Waals surface area contributed by atoms with Gasteiger partial charge in [0.05, 0.1) is 17.1 Å². The SMILES string of the molecule is C=C[C@H](NC(=O)Cn1nnn(C2CC(C)(F)C2)c1=O)c1ccc(Cl)c(F)c1. The summed E-state index contributed by atoms with van der Waals surface area (Å²) in [4.78, 5) is 24.5. The van der Waals surface area contributed by atoms with Crippen molar-refractivity contribution in [2.24, 2.45) is 0 Å². The zero-order valence-corrected chi connectivity index (χ0v) is 15.3. The van der Waals surface area contributed by atoms with Crippen LogP contribution >= 0.6 is 11.6 Å². The van der Waals surface area contributed by atoms with Gasteiger partial charge in [0, 0.05) is 12.8 Å². The van der Waals surface area contributed by atoms with E-state index in [9.17, 15) is 18.4 Å². The van der Waals surface area contributed by atoms with E-state index in [1.807, 2.05) is 0 Å². The Morgan fingerprint density at radius 1 is 1.52 bits per heavy atom. The number of tetrazole rings is 1. The standard InChI is InChI=1S/C17H18ClF2N5O2/c1-3-14(10-4-5-12(18)13(19)6-10)21-15(26)9-24-16(27)25(23-22-24)11-7-17(2,20)8-11/h3-6,11,14H,1,7-9H2,2H3,(H,21,26)/t11?,14-,17?/m0/s1. The number of carbonyl (C=O) groups excluding carboxylic acids is 1. The van der Waals surface area contributed by atoms with Crippen molar-refractivity contribution < 1.29 is 13.6 Å². The van der Waals surface area contributed by atoms with E-state index in [4.69, 9.17) is 11.6 Å². The van der Waals surface area contributed by atoms with E-state index < -0.39 is 29.1 Å². The van der Waals surface area contributed by atoms with E-state index in [0.717, 1.165) is 9.36 Å². The van der Waals surface area contributed by atoms with Gasteiger partial charge in [0.1, 0.15) is 18.0 Å². The quantitative estimate of drug-likeness (QED) is 0.758. The van der Waals surface area contributed by atoms with Crippen LogP contribution in [-0.4, -0.2) is 31.4 Å². The highest BCUT2D eigenvalue weighted by molar-refractivity contribution is 6.30. The lowest BCUT2D eigenvalue weighted by molar-refractivity contribution is -0.122. The molecule has 1 amide bonds. The van der Waals surface area contributed by atoms with Crippen LogP contribution in [0.4, 0.5) is 8.78 Å². The molecule has 2 aromatic rings. The first-order valence-corrected chi connectivity index (χ1v) is 8.66. The summed E-state index contributed by atoms with van der Waals surface area (Å²) in [6, 6.07) is 3.10. The summed E-state index contributed by atoms with van der Waals surface area (Å²) in [5, 5.41) is 9.98. The van der Waals surface area contributed by atoms with E-state index in [-0.39, 0.29) is 30.5 Å². The number of aromatic nitrogens is 4. The third-order valence-corrected chi connectivity index (χ3v) is 4.78. The molecule has 1 N–H and O–H groups in total. The molecule has 144 valence electrons. The summed E-state index contributed by atoms with van der Waals surface area (Å²) < 4.78 is 29.2. The van der Waals surface area contributed by atoms with Crippen LogP contribution in [0.15, 0.2) is 35.6 Å². The highest BCUT2D eigenvalue weighted by atomic mass is 35.5. The van der Waals surface area contributed by atoms with Gasteiger partial charge in [-0.15, -0.1) is 6.58 Å². The maximum absolute atomic E-state index is 13.6. The second-order valence-electron chi connectivity index (χ2n) is 6.79. The monoisotopic (exact) mass is 397 g/mol. The fourth-order valence-electron chi connectivity index (χ4n) is 3.05. The topological polar surface area (TPSA) is 81.8 Å². The summed E-state index contributed by atoms with van der Waals surface area (Å²) in [5.74, 6) is -1.15. The molecule has 0 radical (unpaired) electrons. The number of halogens is 3. The Hall–Kier alpha value is -2.55. The minimum Gasteiger partial charge on any atom is -0.344 e. The minimum absolute atomic E-state index is 0.0311. The molecule has 1 aliphatic carbocycles. The third-order valence-electron chi connectivity index (χ3n) is 4.48. The van der Waals surface area contributed by atoms with Crippen molar-refractivity contribution in [2.75, 3.05) is 0 Å². The Balaban J connectivity index is 1.66. The lowest BCUT2D eigenvalue weighted by Gasteiger charge is -2.37. The second-order valence-corrected chi connectivity index (χ2v) is 7.20.